The highest BCUT2D eigenvalue weighted by Crippen LogP contribution is 2.67. The van der Waals surface area contributed by atoms with E-state index >= 15 is 4.79 Å². The summed E-state index contributed by atoms with van der Waals surface area (Å²) in [7, 11) is 0. The highest BCUT2D eigenvalue weighted by molar-refractivity contribution is 5.99. The smallest absolute Gasteiger partial charge is 0.345 e. The van der Waals surface area contributed by atoms with E-state index in [9.17, 15) is 95.2 Å². The van der Waals surface area contributed by atoms with Gasteiger partial charge in [0.1, 0.15) is 6.10 Å². The van der Waals surface area contributed by atoms with E-state index in [1.54, 1.807) is 0 Å². The number of fused-ring (bicyclic) bond motifs is 2. The number of Topliss-reactive ketones (excluding diaryl/α,β-unsaturated/α-hetero) is 1. The lowest BCUT2D eigenvalue weighted by molar-refractivity contribution is -0.288. The number of carbonyl (C=O) groups is 7. The second-order valence-electron chi connectivity index (χ2n) is 19.3. The summed E-state index contributed by atoms with van der Waals surface area (Å²) < 4.78 is 23.5. The van der Waals surface area contributed by atoms with Crippen LogP contribution in [-0.4, -0.2) is 138 Å². The van der Waals surface area contributed by atoms with E-state index < -0.39 is 178 Å². The second kappa shape index (κ2) is 20.0. The van der Waals surface area contributed by atoms with Crippen molar-refractivity contribution in [1.29, 1.82) is 0 Å². The van der Waals surface area contributed by atoms with Crippen molar-refractivity contribution in [3.8, 4) is 46.0 Å². The molecule has 0 unspecified atom stereocenters. The Morgan fingerprint density at radius 3 is 1.46 bits per heavy atom. The number of benzene rings is 4. The Bertz CT molecular complexity index is 3340. The molecule has 1 spiro atoms. The molecule has 11 rings (SSSR count). The van der Waals surface area contributed by atoms with E-state index in [-0.39, 0.29) is 33.4 Å². The number of phenolic OH excluding ortho intramolecular Hbond substituents is 8. The largest absolute Gasteiger partial charge is 0.504 e. The van der Waals surface area contributed by atoms with Crippen molar-refractivity contribution in [3.63, 3.8) is 0 Å². The fourth-order valence-electron chi connectivity index (χ4n) is 11.5. The van der Waals surface area contributed by atoms with Crippen molar-refractivity contribution in [3.05, 3.63) is 143 Å². The van der Waals surface area contributed by atoms with Crippen LogP contribution in [0.4, 0.5) is 0 Å². The Balaban J connectivity index is 1.11. The van der Waals surface area contributed by atoms with Crippen LogP contribution in [0.15, 0.2) is 120 Å². The molecule has 13 atom stereocenters. The number of aromatic hydroxyl groups is 8. The number of allylic oxidation sites excluding steroid dienone is 3. The van der Waals surface area contributed by atoms with Crippen molar-refractivity contribution in [2.45, 2.75) is 54.6 Å². The van der Waals surface area contributed by atoms with Gasteiger partial charge in [-0.25, -0.2) is 19.2 Å². The summed E-state index contributed by atoms with van der Waals surface area (Å²) in [6, 6.07) is 13.5. The summed E-state index contributed by atoms with van der Waals surface area (Å²) in [5, 5.41) is 136. The van der Waals surface area contributed by atoms with Gasteiger partial charge in [-0.2, -0.15) is 0 Å². The lowest BCUT2D eigenvalue weighted by Gasteiger charge is -2.54. The first-order valence-corrected chi connectivity index (χ1v) is 23.7. The Hall–Kier alpha value is -9.39. The predicted octanol–water partition coefficient (Wildman–Crippen LogP) is 2.93. The highest BCUT2D eigenvalue weighted by Gasteiger charge is 2.78. The molecule has 7 aliphatic rings. The quantitative estimate of drug-likeness (QED) is 0.0436. The zero-order chi connectivity index (χ0) is 56.4. The lowest BCUT2D eigenvalue weighted by atomic mass is 9.54. The summed E-state index contributed by atoms with van der Waals surface area (Å²) in [5.41, 5.74) is -0.0299. The van der Waals surface area contributed by atoms with E-state index in [0.29, 0.717) is 6.08 Å². The number of hydrogen-bond acceptors (Lipinski definition) is 20. The first-order chi connectivity index (χ1) is 36.8. The molecule has 13 N–H and O–H groups in total. The molecule has 24 nitrogen and oxygen atoms in total. The van der Waals surface area contributed by atoms with Gasteiger partial charge in [0.2, 0.25) is 29.6 Å². The molecular weight excluding hydrogens is 1030 g/mol. The molecule has 78 heavy (non-hydrogen) atoms. The first-order valence-electron chi connectivity index (χ1n) is 23.7. The van der Waals surface area contributed by atoms with Gasteiger partial charge in [0, 0.05) is 48.7 Å². The predicted molar refractivity (Wildman–Crippen MR) is 256 cm³/mol. The number of esters is 2. The molecule has 4 aromatic rings. The van der Waals surface area contributed by atoms with Gasteiger partial charge in [0.05, 0.1) is 23.7 Å². The molecule has 24 heteroatoms. The molecule has 2 saturated carbocycles. The summed E-state index contributed by atoms with van der Waals surface area (Å²) in [4.78, 5) is 93.7. The maximum Gasteiger partial charge on any atom is 0.345 e. The van der Waals surface area contributed by atoms with E-state index in [0.717, 1.165) is 66.8 Å². The lowest BCUT2D eigenvalue weighted by Crippen LogP contribution is -2.65. The minimum absolute atomic E-state index is 0.0251. The summed E-state index contributed by atoms with van der Waals surface area (Å²) in [6.45, 7) is 0. The maximum atomic E-state index is 15.4. The Morgan fingerprint density at radius 1 is 0.564 bits per heavy atom. The van der Waals surface area contributed by atoms with Crippen LogP contribution in [0.3, 0.4) is 0 Å². The van der Waals surface area contributed by atoms with Crippen LogP contribution in [0, 0.1) is 35.5 Å². The minimum Gasteiger partial charge on any atom is -0.504 e. The average molecular weight is 1080 g/mol. The molecular formula is C54H46O24. The van der Waals surface area contributed by atoms with Crippen LogP contribution in [0.2, 0.25) is 0 Å². The van der Waals surface area contributed by atoms with Gasteiger partial charge >= 0.3 is 35.8 Å². The molecule has 1 heterocycles. The molecule has 4 bridgehead atoms. The van der Waals surface area contributed by atoms with Crippen molar-refractivity contribution in [2.75, 3.05) is 0 Å². The average Bonchev–Trinajstić information content (AvgIpc) is 3.97. The van der Waals surface area contributed by atoms with Gasteiger partial charge in [0.25, 0.3) is 0 Å². The minimum atomic E-state index is -2.91. The molecule has 3 fully saturated rings. The Kier molecular flexibility index (Phi) is 13.7. The van der Waals surface area contributed by atoms with Gasteiger partial charge in [-0.3, -0.25) is 14.4 Å². The Morgan fingerprint density at radius 2 is 1.01 bits per heavy atom. The van der Waals surface area contributed by atoms with Crippen LogP contribution in [0.5, 0.6) is 46.0 Å². The number of aliphatic hydroxyl groups is 1. The highest BCUT2D eigenvalue weighted by atomic mass is 16.8. The molecule has 406 valence electrons. The molecule has 6 aliphatic carbocycles. The normalized spacial score (nSPS) is 28.4. The number of rotatable bonds is 16. The van der Waals surface area contributed by atoms with Gasteiger partial charge in [-0.15, -0.1) is 0 Å². The Labute approximate surface area is 438 Å². The molecule has 0 aromatic heterocycles. The van der Waals surface area contributed by atoms with Gasteiger partial charge in [-0.1, -0.05) is 48.6 Å². The fraction of sp³-hybridized carbons (Fsp3) is 0.278. The molecule has 4 aromatic carbocycles. The van der Waals surface area contributed by atoms with Crippen LogP contribution >= 0.6 is 0 Å². The molecule has 0 radical (unpaired) electrons. The van der Waals surface area contributed by atoms with Crippen molar-refractivity contribution in [2.24, 2.45) is 35.5 Å². The third kappa shape index (κ3) is 9.30. The zero-order valence-corrected chi connectivity index (χ0v) is 40.0. The van der Waals surface area contributed by atoms with Gasteiger partial charge in [0.15, 0.2) is 46.0 Å². The van der Waals surface area contributed by atoms with Crippen LogP contribution in [0.1, 0.15) is 34.1 Å². The molecule has 0 amide bonds. The SMILES string of the molecule is O=C(/C=C/C1=C[C@@H]2[C@H](c3ccc(O)c(O)c3)[C@@H](C(=O)O)[C@H]1C(=O)[C@]21O[C@@H]2[C@@H]3C=C(/C=C/C(=O)O[C@H](Cc4ccc(O)c(O)c4)C(=O)O)[C@@H]([C@H](C(=O)O)[C@H]3c3ccc(O)c(O)c3)[C@]2(O)O1)O[C@H](Cc1ccc(O)c(O)c1)C(=O)O. The van der Waals surface area contributed by atoms with E-state index in [2.05, 4.69) is 0 Å². The van der Waals surface area contributed by atoms with Crippen molar-refractivity contribution >= 4 is 41.6 Å². The van der Waals surface area contributed by atoms with Crippen molar-refractivity contribution < 1.29 is 119 Å². The number of phenols is 8. The third-order valence-electron chi connectivity index (χ3n) is 14.8. The van der Waals surface area contributed by atoms with Crippen molar-refractivity contribution in [1.82, 2.24) is 0 Å². The number of carbonyl (C=O) groups excluding carboxylic acids is 3. The first kappa shape index (κ1) is 53.4. The number of ether oxygens (including phenoxy) is 4. The monoisotopic (exact) mass is 1080 g/mol. The fourth-order valence-corrected chi connectivity index (χ4v) is 11.5. The van der Waals surface area contributed by atoms with Crippen LogP contribution in [0.25, 0.3) is 0 Å². The standard InChI is InChI=1S/C54H46O24/c55-29-7-1-21(13-33(29)59)15-37(49(66)67)75-39(63)11-5-23-18-28-42(25-4-10-32(58)36(62)20-25)44(51(70)71)43(23)47(65)54(28)77-48-27-17-26(6-12-40(64)76-38(50(68)69)16-22-2-8-30(56)34(60)14-22)46(53(48,74)78-54)45(52(72)73)41(27)24-3-9-31(57)35(61)19-24/h1-14,17-20,27-28,37-38,41-46,48,55-62,74H,15-16H2,(H,66,67)(H,68,69)(H,70,71)(H,72,73)/b11-5+,12-6+/t27-,28-,37-,38-,41+,42+,43+,44-,45-,46+,48-,53+,54+/m1/s1. The maximum absolute atomic E-state index is 15.4. The summed E-state index contributed by atoms with van der Waals surface area (Å²) >= 11 is 0. The summed E-state index contributed by atoms with van der Waals surface area (Å²) in [5.74, 6) is -34.0. The topological polar surface area (TPSA) is 419 Å². The number of aliphatic carboxylic acids is 4. The van der Waals surface area contributed by atoms with E-state index in [4.69, 9.17) is 18.9 Å². The van der Waals surface area contributed by atoms with Crippen LogP contribution in [-0.2, 0) is 65.4 Å². The van der Waals surface area contributed by atoms with Gasteiger partial charge < -0.3 is 85.3 Å². The number of ketones is 1. The van der Waals surface area contributed by atoms with E-state index in [1.807, 2.05) is 0 Å². The molecule has 1 aliphatic heterocycles. The number of carboxylic acids is 4. The summed E-state index contributed by atoms with van der Waals surface area (Å²) in [6.07, 6.45) is -0.425. The molecule has 1 saturated heterocycles. The third-order valence-corrected chi connectivity index (χ3v) is 14.8. The van der Waals surface area contributed by atoms with Crippen LogP contribution < -0.4 is 0 Å². The zero-order valence-electron chi connectivity index (χ0n) is 40.0. The second-order valence-corrected chi connectivity index (χ2v) is 19.3. The van der Waals surface area contributed by atoms with E-state index in [1.165, 1.54) is 36.4 Å². The number of carboxylic acid groups (broad SMARTS) is 4. The van der Waals surface area contributed by atoms with Gasteiger partial charge in [-0.05, 0) is 81.9 Å². The number of hydrogen-bond donors (Lipinski definition) is 13.